The molecule has 1 aliphatic carbocycles. The fourth-order valence-corrected chi connectivity index (χ4v) is 3.31. The molecule has 1 heterocycles. The van der Waals surface area contributed by atoms with Gasteiger partial charge >= 0.3 is 0 Å². The molecule has 16 heavy (non-hydrogen) atoms. The first-order chi connectivity index (χ1) is 7.81. The molecular weight excluding hydrogens is 198 g/mol. The molecule has 0 aromatic rings. The van der Waals surface area contributed by atoms with E-state index in [4.69, 9.17) is 0 Å². The van der Waals surface area contributed by atoms with Gasteiger partial charge in [-0.05, 0) is 31.1 Å². The molecular formula is C14H25NO. The minimum Gasteiger partial charge on any atom is -0.342 e. The number of piperidine rings is 1. The molecule has 0 bridgehead atoms. The van der Waals surface area contributed by atoms with Crippen molar-refractivity contribution in [2.75, 3.05) is 13.1 Å². The minimum atomic E-state index is 0.408. The molecule has 1 amide bonds. The van der Waals surface area contributed by atoms with Crippen molar-refractivity contribution in [2.24, 2.45) is 11.8 Å². The molecule has 1 saturated heterocycles. The molecule has 2 fully saturated rings. The summed E-state index contributed by atoms with van der Waals surface area (Å²) in [6, 6.07) is 0. The van der Waals surface area contributed by atoms with Gasteiger partial charge in [0.15, 0.2) is 0 Å². The Bertz CT molecular complexity index is 239. The molecule has 0 radical (unpaired) electrons. The standard InChI is InChI=1S/C14H25NO/c1-2-3-8-14(16)15-10-9-12-6-4-5-7-13(12)11-15/h12-13H,2-11H2,1H3. The monoisotopic (exact) mass is 223 g/mol. The van der Waals surface area contributed by atoms with E-state index in [1.54, 1.807) is 0 Å². The Morgan fingerprint density at radius 1 is 1.19 bits per heavy atom. The van der Waals surface area contributed by atoms with Crippen LogP contribution in [0, 0.1) is 11.8 Å². The van der Waals surface area contributed by atoms with Crippen LogP contribution in [-0.4, -0.2) is 23.9 Å². The molecule has 2 heteroatoms. The quantitative estimate of drug-likeness (QED) is 0.719. The molecule has 2 atom stereocenters. The molecule has 2 unspecified atom stereocenters. The number of nitrogens with zero attached hydrogens (tertiary/aromatic N) is 1. The molecule has 2 aliphatic rings. The van der Waals surface area contributed by atoms with Gasteiger partial charge in [0.1, 0.15) is 0 Å². The van der Waals surface area contributed by atoms with E-state index in [0.717, 1.165) is 44.2 Å². The molecule has 0 aromatic carbocycles. The Hall–Kier alpha value is -0.530. The van der Waals surface area contributed by atoms with Gasteiger partial charge in [-0.1, -0.05) is 32.6 Å². The Balaban J connectivity index is 1.82. The lowest BCUT2D eigenvalue weighted by molar-refractivity contribution is -0.134. The van der Waals surface area contributed by atoms with E-state index >= 15 is 0 Å². The zero-order valence-electron chi connectivity index (χ0n) is 10.6. The van der Waals surface area contributed by atoms with Crippen molar-refractivity contribution in [1.29, 1.82) is 0 Å². The number of fused-ring (bicyclic) bond motifs is 1. The first kappa shape index (κ1) is 11.9. The Morgan fingerprint density at radius 2 is 1.94 bits per heavy atom. The van der Waals surface area contributed by atoms with Gasteiger partial charge in [-0.3, -0.25) is 4.79 Å². The Kier molecular flexibility index (Phi) is 4.25. The Labute approximate surface area is 99.4 Å². The van der Waals surface area contributed by atoms with Gasteiger partial charge in [0.2, 0.25) is 5.91 Å². The van der Waals surface area contributed by atoms with Crippen LogP contribution in [0.4, 0.5) is 0 Å². The second-order valence-electron chi connectivity index (χ2n) is 5.54. The second-order valence-corrected chi connectivity index (χ2v) is 5.54. The summed E-state index contributed by atoms with van der Waals surface area (Å²) in [5.74, 6) is 2.17. The summed E-state index contributed by atoms with van der Waals surface area (Å²) in [6.07, 6.45) is 9.82. The first-order valence-corrected chi connectivity index (χ1v) is 7.09. The van der Waals surface area contributed by atoms with Crippen LogP contribution < -0.4 is 0 Å². The van der Waals surface area contributed by atoms with E-state index < -0.39 is 0 Å². The molecule has 1 aliphatic heterocycles. The van der Waals surface area contributed by atoms with Crippen molar-refractivity contribution in [2.45, 2.75) is 58.3 Å². The summed E-state index contributed by atoms with van der Waals surface area (Å²) in [6.45, 7) is 4.25. The van der Waals surface area contributed by atoms with Crippen LogP contribution in [0.5, 0.6) is 0 Å². The molecule has 0 spiro atoms. The third-order valence-corrected chi connectivity index (χ3v) is 4.39. The smallest absolute Gasteiger partial charge is 0.222 e. The largest absolute Gasteiger partial charge is 0.342 e. The normalized spacial score (nSPS) is 29.9. The van der Waals surface area contributed by atoms with E-state index in [2.05, 4.69) is 11.8 Å². The maximum atomic E-state index is 12.0. The third-order valence-electron chi connectivity index (χ3n) is 4.39. The second kappa shape index (κ2) is 5.70. The molecule has 2 nitrogen and oxygen atoms in total. The third kappa shape index (κ3) is 2.78. The van der Waals surface area contributed by atoms with Gasteiger partial charge in [0.25, 0.3) is 0 Å². The topological polar surface area (TPSA) is 20.3 Å². The summed E-state index contributed by atoms with van der Waals surface area (Å²) in [5, 5.41) is 0. The van der Waals surface area contributed by atoms with Crippen molar-refractivity contribution < 1.29 is 4.79 Å². The van der Waals surface area contributed by atoms with Gasteiger partial charge in [0, 0.05) is 19.5 Å². The molecule has 92 valence electrons. The molecule has 0 N–H and O–H groups in total. The van der Waals surface area contributed by atoms with E-state index in [1.807, 2.05) is 0 Å². The highest BCUT2D eigenvalue weighted by Crippen LogP contribution is 2.36. The van der Waals surface area contributed by atoms with Crippen LogP contribution in [0.3, 0.4) is 0 Å². The number of hydrogen-bond donors (Lipinski definition) is 0. The number of unbranched alkanes of at least 4 members (excludes halogenated alkanes) is 1. The van der Waals surface area contributed by atoms with E-state index in [-0.39, 0.29) is 0 Å². The average molecular weight is 223 g/mol. The van der Waals surface area contributed by atoms with Crippen molar-refractivity contribution >= 4 is 5.91 Å². The fraction of sp³-hybridized carbons (Fsp3) is 0.929. The number of amides is 1. The molecule has 2 rings (SSSR count). The number of likely N-dealkylation sites (tertiary alicyclic amines) is 1. The number of carbonyl (C=O) groups excluding carboxylic acids is 1. The number of carbonyl (C=O) groups is 1. The van der Waals surface area contributed by atoms with Gasteiger partial charge in [-0.15, -0.1) is 0 Å². The molecule has 0 aromatic heterocycles. The Morgan fingerprint density at radius 3 is 2.69 bits per heavy atom. The lowest BCUT2D eigenvalue weighted by atomic mass is 9.75. The maximum Gasteiger partial charge on any atom is 0.222 e. The van der Waals surface area contributed by atoms with Crippen LogP contribution in [-0.2, 0) is 4.79 Å². The lowest BCUT2D eigenvalue weighted by Crippen LogP contribution is -2.44. The van der Waals surface area contributed by atoms with Crippen molar-refractivity contribution in [3.8, 4) is 0 Å². The van der Waals surface area contributed by atoms with Gasteiger partial charge in [-0.2, -0.15) is 0 Å². The SMILES string of the molecule is CCCCC(=O)N1CCC2CCCCC2C1. The average Bonchev–Trinajstić information content (AvgIpc) is 2.35. The van der Waals surface area contributed by atoms with Crippen LogP contribution in [0.15, 0.2) is 0 Å². The maximum absolute atomic E-state index is 12.0. The first-order valence-electron chi connectivity index (χ1n) is 7.09. The summed E-state index contributed by atoms with van der Waals surface area (Å²) in [5.41, 5.74) is 0. The van der Waals surface area contributed by atoms with E-state index in [0.29, 0.717) is 5.91 Å². The highest BCUT2D eigenvalue weighted by molar-refractivity contribution is 5.76. The van der Waals surface area contributed by atoms with Crippen molar-refractivity contribution in [3.05, 3.63) is 0 Å². The summed E-state index contributed by atoms with van der Waals surface area (Å²) in [7, 11) is 0. The van der Waals surface area contributed by atoms with Gasteiger partial charge in [0.05, 0.1) is 0 Å². The number of rotatable bonds is 3. The highest BCUT2D eigenvalue weighted by Gasteiger charge is 2.32. The lowest BCUT2D eigenvalue weighted by Gasteiger charge is -2.41. The summed E-state index contributed by atoms with van der Waals surface area (Å²) >= 11 is 0. The van der Waals surface area contributed by atoms with Crippen LogP contribution >= 0.6 is 0 Å². The van der Waals surface area contributed by atoms with Gasteiger partial charge in [-0.25, -0.2) is 0 Å². The summed E-state index contributed by atoms with van der Waals surface area (Å²) < 4.78 is 0. The molecule has 1 saturated carbocycles. The van der Waals surface area contributed by atoms with E-state index in [1.165, 1.54) is 32.1 Å². The highest BCUT2D eigenvalue weighted by atomic mass is 16.2. The number of hydrogen-bond acceptors (Lipinski definition) is 1. The van der Waals surface area contributed by atoms with Crippen LogP contribution in [0.2, 0.25) is 0 Å². The zero-order chi connectivity index (χ0) is 11.4. The van der Waals surface area contributed by atoms with Crippen LogP contribution in [0.1, 0.15) is 58.3 Å². The summed E-state index contributed by atoms with van der Waals surface area (Å²) in [4.78, 5) is 14.1. The van der Waals surface area contributed by atoms with Crippen molar-refractivity contribution in [1.82, 2.24) is 4.90 Å². The van der Waals surface area contributed by atoms with Gasteiger partial charge < -0.3 is 4.90 Å². The van der Waals surface area contributed by atoms with Crippen LogP contribution in [0.25, 0.3) is 0 Å². The van der Waals surface area contributed by atoms with E-state index in [9.17, 15) is 4.79 Å². The predicted molar refractivity (Wildman–Crippen MR) is 66.2 cm³/mol. The zero-order valence-corrected chi connectivity index (χ0v) is 10.6. The fourth-order valence-electron chi connectivity index (χ4n) is 3.31. The predicted octanol–water partition coefficient (Wildman–Crippen LogP) is 3.22. The van der Waals surface area contributed by atoms with Crippen molar-refractivity contribution in [3.63, 3.8) is 0 Å². The minimum absolute atomic E-state index is 0.408.